The van der Waals surface area contributed by atoms with E-state index < -0.39 is 0 Å². The monoisotopic (exact) mass is 475 g/mol. The summed E-state index contributed by atoms with van der Waals surface area (Å²) in [5.41, 5.74) is 1.15. The van der Waals surface area contributed by atoms with Gasteiger partial charge in [0.05, 0.1) is 40.7 Å². The van der Waals surface area contributed by atoms with Gasteiger partial charge in [-0.3, -0.25) is 9.78 Å². The third kappa shape index (κ3) is 4.76. The molecule has 0 radical (unpaired) electrons. The van der Waals surface area contributed by atoms with Gasteiger partial charge >= 0.3 is 0 Å². The molecule has 12 heteroatoms. The maximum absolute atomic E-state index is 12.4. The summed E-state index contributed by atoms with van der Waals surface area (Å²) in [5, 5.41) is 18.3. The van der Waals surface area contributed by atoms with Crippen molar-refractivity contribution in [2.75, 3.05) is 19.0 Å². The average molecular weight is 476 g/mol. The molecule has 0 aliphatic carbocycles. The van der Waals surface area contributed by atoms with Crippen LogP contribution in [0, 0.1) is 0 Å². The summed E-state index contributed by atoms with van der Waals surface area (Å²) in [6.07, 6.45) is 5.19. The van der Waals surface area contributed by atoms with E-state index in [9.17, 15) is 4.79 Å². The van der Waals surface area contributed by atoms with E-state index in [4.69, 9.17) is 32.7 Å². The van der Waals surface area contributed by atoms with E-state index in [0.29, 0.717) is 62.7 Å². The van der Waals surface area contributed by atoms with Gasteiger partial charge in [0.15, 0.2) is 17.3 Å². The summed E-state index contributed by atoms with van der Waals surface area (Å²) in [5.74, 6) is 1.60. The lowest BCUT2D eigenvalue weighted by molar-refractivity contribution is 0.289. The van der Waals surface area contributed by atoms with Gasteiger partial charge in [0.2, 0.25) is 0 Å². The topological polar surface area (TPSA) is 131 Å². The molecular formula is C20H19Cl2N7O3. The maximum atomic E-state index is 12.4. The molecule has 3 aromatic heterocycles. The molecule has 3 N–H and O–H groups in total. The van der Waals surface area contributed by atoms with Gasteiger partial charge in [-0.2, -0.15) is 5.21 Å². The first kappa shape index (κ1) is 21.8. The lowest BCUT2D eigenvalue weighted by Crippen LogP contribution is -2.09. The molecule has 166 valence electrons. The van der Waals surface area contributed by atoms with Crippen LogP contribution in [0.25, 0.3) is 10.9 Å². The van der Waals surface area contributed by atoms with Crippen LogP contribution in [0.15, 0.2) is 35.4 Å². The van der Waals surface area contributed by atoms with Crippen LogP contribution in [-0.4, -0.2) is 44.3 Å². The van der Waals surface area contributed by atoms with Crippen LogP contribution in [-0.2, 0) is 6.42 Å². The Morgan fingerprint density at radius 3 is 2.69 bits per heavy atom. The standard InChI is InChI=1S/C20H19Cl2N7O3/c1-31-15-6-5-11-14(24-19-12(21)9-23-10-13(19)22)8-17(30)25-18(11)20(15)32-7-3-2-4-16-26-28-29-27-16/h5-6,8-10H,2-4,7H2,1H3,(H2,23,24,25,30)(H,26,27,28,29). The average Bonchev–Trinajstić information content (AvgIpc) is 3.29. The molecule has 4 aromatic rings. The number of halogens is 2. The van der Waals surface area contributed by atoms with Crippen molar-refractivity contribution in [3.63, 3.8) is 0 Å². The van der Waals surface area contributed by atoms with Gasteiger partial charge in [-0.1, -0.05) is 28.4 Å². The zero-order valence-corrected chi connectivity index (χ0v) is 18.5. The lowest BCUT2D eigenvalue weighted by atomic mass is 10.1. The molecule has 0 atom stereocenters. The Hall–Kier alpha value is -3.37. The second-order valence-corrected chi connectivity index (χ2v) is 7.62. The van der Waals surface area contributed by atoms with Gasteiger partial charge in [-0.05, 0) is 25.0 Å². The number of nitrogens with zero attached hydrogens (tertiary/aromatic N) is 4. The third-order valence-electron chi connectivity index (χ3n) is 4.70. The number of benzene rings is 1. The number of nitrogens with one attached hydrogen (secondary N) is 3. The van der Waals surface area contributed by atoms with E-state index in [1.807, 2.05) is 6.07 Å². The molecule has 0 amide bonds. The number of methoxy groups -OCH3 is 1. The molecule has 0 unspecified atom stereocenters. The maximum Gasteiger partial charge on any atom is 0.250 e. The highest BCUT2D eigenvalue weighted by Crippen LogP contribution is 2.39. The summed E-state index contributed by atoms with van der Waals surface area (Å²) in [6, 6.07) is 5.02. The minimum atomic E-state index is -0.323. The van der Waals surface area contributed by atoms with Crippen LogP contribution in [0.5, 0.6) is 11.5 Å². The van der Waals surface area contributed by atoms with Crippen LogP contribution in [0.3, 0.4) is 0 Å². The molecule has 0 spiro atoms. The van der Waals surface area contributed by atoms with Gasteiger partial charge in [0.1, 0.15) is 0 Å². The minimum absolute atomic E-state index is 0.323. The predicted molar refractivity (Wildman–Crippen MR) is 121 cm³/mol. The van der Waals surface area contributed by atoms with Crippen molar-refractivity contribution in [2.24, 2.45) is 0 Å². The highest BCUT2D eigenvalue weighted by Gasteiger charge is 2.16. The molecule has 0 fully saturated rings. The number of rotatable bonds is 9. The summed E-state index contributed by atoms with van der Waals surface area (Å²) < 4.78 is 11.5. The fourth-order valence-electron chi connectivity index (χ4n) is 3.20. The highest BCUT2D eigenvalue weighted by atomic mass is 35.5. The molecule has 1 aromatic carbocycles. The predicted octanol–water partition coefficient (Wildman–Crippen LogP) is 3.90. The molecule has 3 heterocycles. The number of hydrogen-bond acceptors (Lipinski definition) is 8. The molecule has 0 aliphatic heterocycles. The van der Waals surface area contributed by atoms with Gasteiger partial charge in [-0.15, -0.1) is 10.2 Å². The first-order valence-electron chi connectivity index (χ1n) is 9.72. The number of hydrogen-bond donors (Lipinski definition) is 3. The van der Waals surface area contributed by atoms with Gasteiger partial charge in [0.25, 0.3) is 5.56 Å². The fourth-order valence-corrected chi connectivity index (χ4v) is 3.66. The Labute approximate surface area is 192 Å². The summed E-state index contributed by atoms with van der Waals surface area (Å²) in [4.78, 5) is 19.2. The van der Waals surface area contributed by atoms with Gasteiger partial charge in [0, 0.05) is 30.3 Å². The van der Waals surface area contributed by atoms with Crippen LogP contribution in [0.2, 0.25) is 10.0 Å². The highest BCUT2D eigenvalue weighted by molar-refractivity contribution is 6.39. The van der Waals surface area contributed by atoms with E-state index in [2.05, 4.69) is 35.9 Å². The first-order chi connectivity index (χ1) is 15.6. The van der Waals surface area contributed by atoms with Crippen molar-refractivity contribution >= 4 is 45.5 Å². The number of tetrazole rings is 1. The van der Waals surface area contributed by atoms with E-state index >= 15 is 0 Å². The number of pyridine rings is 2. The lowest BCUT2D eigenvalue weighted by Gasteiger charge is -2.16. The zero-order valence-electron chi connectivity index (χ0n) is 17.0. The Kier molecular flexibility index (Phi) is 6.72. The Bertz CT molecular complexity index is 1260. The largest absolute Gasteiger partial charge is 0.493 e. The van der Waals surface area contributed by atoms with E-state index in [1.54, 1.807) is 13.2 Å². The molecule has 4 rings (SSSR count). The van der Waals surface area contributed by atoms with Crippen LogP contribution in [0.1, 0.15) is 18.7 Å². The molecule has 0 saturated heterocycles. The van der Waals surface area contributed by atoms with E-state index in [1.165, 1.54) is 18.5 Å². The Balaban J connectivity index is 1.61. The van der Waals surface area contributed by atoms with Crippen molar-refractivity contribution in [2.45, 2.75) is 19.3 Å². The molecule has 0 aliphatic rings. The fraction of sp³-hybridized carbons (Fsp3) is 0.250. The molecule has 10 nitrogen and oxygen atoms in total. The van der Waals surface area contributed by atoms with Gasteiger partial charge in [-0.25, -0.2) is 0 Å². The number of anilines is 2. The van der Waals surface area contributed by atoms with Crippen molar-refractivity contribution in [3.8, 4) is 11.5 Å². The third-order valence-corrected chi connectivity index (χ3v) is 5.27. The van der Waals surface area contributed by atoms with Crippen molar-refractivity contribution in [1.29, 1.82) is 0 Å². The smallest absolute Gasteiger partial charge is 0.250 e. The van der Waals surface area contributed by atoms with Crippen LogP contribution in [0.4, 0.5) is 11.4 Å². The van der Waals surface area contributed by atoms with Crippen molar-refractivity contribution < 1.29 is 9.47 Å². The number of unbranched alkanes of at least 4 members (excludes halogenated alkanes) is 1. The number of ether oxygens (including phenoxy) is 2. The minimum Gasteiger partial charge on any atom is -0.493 e. The number of fused-ring (bicyclic) bond motifs is 1. The van der Waals surface area contributed by atoms with Crippen LogP contribution < -0.4 is 20.3 Å². The summed E-state index contributed by atoms with van der Waals surface area (Å²) in [7, 11) is 1.54. The molecule has 0 saturated carbocycles. The van der Waals surface area contributed by atoms with Crippen molar-refractivity contribution in [3.05, 3.63) is 56.8 Å². The molecule has 0 bridgehead atoms. The van der Waals surface area contributed by atoms with Crippen LogP contribution >= 0.6 is 23.2 Å². The summed E-state index contributed by atoms with van der Waals surface area (Å²) in [6.45, 7) is 0.412. The second-order valence-electron chi connectivity index (χ2n) is 6.80. The van der Waals surface area contributed by atoms with E-state index in [-0.39, 0.29) is 5.56 Å². The van der Waals surface area contributed by atoms with E-state index in [0.717, 1.165) is 12.8 Å². The van der Waals surface area contributed by atoms with Gasteiger partial charge < -0.3 is 19.8 Å². The first-order valence-corrected chi connectivity index (χ1v) is 10.5. The summed E-state index contributed by atoms with van der Waals surface area (Å²) >= 11 is 12.5. The number of aryl methyl sites for hydroxylation is 1. The SMILES string of the molecule is COc1ccc2c(Nc3c(Cl)cncc3Cl)cc(=O)[nH]c2c1OCCCCc1nn[nH]n1. The van der Waals surface area contributed by atoms with Crippen molar-refractivity contribution in [1.82, 2.24) is 30.6 Å². The normalized spacial score (nSPS) is 11.0. The Morgan fingerprint density at radius 2 is 1.97 bits per heavy atom. The number of aromatic nitrogens is 6. The molecular weight excluding hydrogens is 457 g/mol. The Morgan fingerprint density at radius 1 is 1.16 bits per heavy atom. The quantitative estimate of drug-likeness (QED) is 0.310. The number of aromatic amines is 2. The number of H-pyrrole nitrogens is 2. The zero-order chi connectivity index (χ0) is 22.5. The second kappa shape index (κ2) is 9.84. The molecule has 32 heavy (non-hydrogen) atoms.